The fourth-order valence-electron chi connectivity index (χ4n) is 2.41. The lowest BCUT2D eigenvalue weighted by Crippen LogP contribution is -2.18. The summed E-state index contributed by atoms with van der Waals surface area (Å²) in [5.41, 5.74) is 1.67. The van der Waals surface area contributed by atoms with Crippen molar-refractivity contribution >= 4 is 5.97 Å². The first-order valence-electron chi connectivity index (χ1n) is 6.58. The molecule has 20 heavy (non-hydrogen) atoms. The van der Waals surface area contributed by atoms with Crippen LogP contribution in [0.25, 0.3) is 11.5 Å². The van der Waals surface area contributed by atoms with Gasteiger partial charge < -0.3 is 5.11 Å². The van der Waals surface area contributed by atoms with Gasteiger partial charge in [0.2, 0.25) is 5.82 Å². The Hall–Kier alpha value is -2.31. The van der Waals surface area contributed by atoms with Crippen molar-refractivity contribution in [2.45, 2.75) is 32.2 Å². The number of nitrogens with zero attached hydrogens (tertiary/aromatic N) is 5. The highest BCUT2D eigenvalue weighted by Gasteiger charge is 2.36. The van der Waals surface area contributed by atoms with E-state index >= 15 is 0 Å². The van der Waals surface area contributed by atoms with Crippen molar-refractivity contribution in [2.75, 3.05) is 0 Å². The maximum absolute atomic E-state index is 11.1. The average Bonchev–Trinajstić information content (AvgIpc) is 3.14. The van der Waals surface area contributed by atoms with Crippen LogP contribution in [-0.2, 0) is 4.79 Å². The normalized spacial score (nSPS) is 16.1. The fraction of sp³-hybridized carbons (Fsp3) is 0.462. The Bertz CT molecular complexity index is 635. The first kappa shape index (κ1) is 12.7. The van der Waals surface area contributed by atoms with E-state index in [0.29, 0.717) is 17.4 Å². The molecule has 7 heteroatoms. The molecule has 2 aromatic heterocycles. The molecular weight excluding hydrogens is 258 g/mol. The maximum Gasteiger partial charge on any atom is 0.305 e. The van der Waals surface area contributed by atoms with Crippen molar-refractivity contribution < 1.29 is 9.90 Å². The number of aromatic nitrogens is 5. The van der Waals surface area contributed by atoms with Crippen LogP contribution in [0.15, 0.2) is 18.3 Å². The number of aryl methyl sites for hydroxylation is 1. The SMILES string of the molecule is Cc1cccnc1-c1nnnn1C(CC(=O)O)C1CC1. The zero-order valence-corrected chi connectivity index (χ0v) is 11.1. The van der Waals surface area contributed by atoms with E-state index in [1.165, 1.54) is 0 Å². The number of aliphatic carboxylic acids is 1. The number of tetrazole rings is 1. The molecule has 0 amide bonds. The number of rotatable bonds is 5. The first-order valence-corrected chi connectivity index (χ1v) is 6.58. The van der Waals surface area contributed by atoms with E-state index in [0.717, 1.165) is 18.4 Å². The van der Waals surface area contributed by atoms with E-state index in [1.807, 2.05) is 19.1 Å². The zero-order valence-electron chi connectivity index (χ0n) is 11.1. The van der Waals surface area contributed by atoms with E-state index in [-0.39, 0.29) is 12.5 Å². The molecule has 1 fully saturated rings. The molecule has 0 bridgehead atoms. The summed E-state index contributed by atoms with van der Waals surface area (Å²) in [5.74, 6) is 0.0553. The van der Waals surface area contributed by atoms with Crippen LogP contribution in [-0.4, -0.2) is 36.3 Å². The molecule has 1 saturated carbocycles. The quantitative estimate of drug-likeness (QED) is 0.886. The second-order valence-electron chi connectivity index (χ2n) is 5.12. The van der Waals surface area contributed by atoms with Gasteiger partial charge in [0.1, 0.15) is 5.69 Å². The summed E-state index contributed by atoms with van der Waals surface area (Å²) in [6, 6.07) is 3.59. The Morgan fingerprint density at radius 3 is 3.00 bits per heavy atom. The number of carbonyl (C=O) groups is 1. The lowest BCUT2D eigenvalue weighted by atomic mass is 10.1. The van der Waals surface area contributed by atoms with E-state index < -0.39 is 5.97 Å². The number of carboxylic acid groups (broad SMARTS) is 1. The highest BCUT2D eigenvalue weighted by Crippen LogP contribution is 2.42. The molecule has 1 N–H and O–H groups in total. The number of pyridine rings is 1. The maximum atomic E-state index is 11.1. The lowest BCUT2D eigenvalue weighted by Gasteiger charge is -2.15. The van der Waals surface area contributed by atoms with Crippen LogP contribution < -0.4 is 0 Å². The smallest absolute Gasteiger partial charge is 0.305 e. The highest BCUT2D eigenvalue weighted by atomic mass is 16.4. The molecule has 1 unspecified atom stereocenters. The van der Waals surface area contributed by atoms with Crippen LogP contribution in [0.5, 0.6) is 0 Å². The molecule has 104 valence electrons. The molecule has 1 aliphatic rings. The van der Waals surface area contributed by atoms with Crippen molar-refractivity contribution in [3.8, 4) is 11.5 Å². The molecule has 0 radical (unpaired) electrons. The van der Waals surface area contributed by atoms with Crippen molar-refractivity contribution in [2.24, 2.45) is 5.92 Å². The van der Waals surface area contributed by atoms with Gasteiger partial charge in [-0.1, -0.05) is 6.07 Å². The number of hydrogen-bond donors (Lipinski definition) is 1. The summed E-state index contributed by atoms with van der Waals surface area (Å²) >= 11 is 0. The largest absolute Gasteiger partial charge is 0.481 e. The molecule has 0 saturated heterocycles. The third kappa shape index (κ3) is 2.38. The number of hydrogen-bond acceptors (Lipinski definition) is 5. The lowest BCUT2D eigenvalue weighted by molar-refractivity contribution is -0.138. The van der Waals surface area contributed by atoms with Crippen LogP contribution in [0, 0.1) is 12.8 Å². The Morgan fingerprint density at radius 2 is 2.35 bits per heavy atom. The second-order valence-corrected chi connectivity index (χ2v) is 5.12. The molecular formula is C13H15N5O2. The third-order valence-electron chi connectivity index (χ3n) is 3.58. The summed E-state index contributed by atoms with van der Waals surface area (Å²) in [4.78, 5) is 15.4. The Morgan fingerprint density at radius 1 is 1.55 bits per heavy atom. The molecule has 7 nitrogen and oxygen atoms in total. The van der Waals surface area contributed by atoms with Gasteiger partial charge in [-0.15, -0.1) is 5.10 Å². The van der Waals surface area contributed by atoms with E-state index in [2.05, 4.69) is 20.5 Å². The molecule has 2 heterocycles. The second kappa shape index (κ2) is 4.99. The van der Waals surface area contributed by atoms with Gasteiger partial charge in [0.05, 0.1) is 12.5 Å². The Balaban J connectivity index is 2.00. The molecule has 0 aliphatic heterocycles. The van der Waals surface area contributed by atoms with E-state index in [9.17, 15) is 4.79 Å². The summed E-state index contributed by atoms with van der Waals surface area (Å²) in [7, 11) is 0. The van der Waals surface area contributed by atoms with Gasteiger partial charge in [-0.05, 0) is 47.7 Å². The molecule has 1 atom stereocenters. The summed E-state index contributed by atoms with van der Waals surface area (Å²) < 4.78 is 1.63. The Labute approximate surface area is 115 Å². The van der Waals surface area contributed by atoms with Crippen molar-refractivity contribution in [1.29, 1.82) is 0 Å². The van der Waals surface area contributed by atoms with E-state index in [1.54, 1.807) is 10.9 Å². The fourth-order valence-corrected chi connectivity index (χ4v) is 2.41. The van der Waals surface area contributed by atoms with Gasteiger partial charge in [0, 0.05) is 6.20 Å². The van der Waals surface area contributed by atoms with Gasteiger partial charge in [-0.25, -0.2) is 4.68 Å². The highest BCUT2D eigenvalue weighted by molar-refractivity contribution is 5.67. The summed E-state index contributed by atoms with van der Waals surface area (Å²) in [5, 5.41) is 20.8. The zero-order chi connectivity index (χ0) is 14.1. The topological polar surface area (TPSA) is 93.8 Å². The van der Waals surface area contributed by atoms with Crippen LogP contribution in [0.4, 0.5) is 0 Å². The third-order valence-corrected chi connectivity index (χ3v) is 3.58. The Kier molecular flexibility index (Phi) is 3.17. The summed E-state index contributed by atoms with van der Waals surface area (Å²) in [6.45, 7) is 1.94. The van der Waals surface area contributed by atoms with Crippen molar-refractivity contribution in [3.05, 3.63) is 23.9 Å². The monoisotopic (exact) mass is 273 g/mol. The van der Waals surface area contributed by atoms with Crippen LogP contribution in [0.1, 0.15) is 30.9 Å². The van der Waals surface area contributed by atoms with Gasteiger partial charge >= 0.3 is 5.97 Å². The molecule has 3 rings (SSSR count). The molecule has 1 aliphatic carbocycles. The summed E-state index contributed by atoms with van der Waals surface area (Å²) in [6.07, 6.45) is 3.77. The minimum atomic E-state index is -0.832. The van der Waals surface area contributed by atoms with Crippen molar-refractivity contribution in [3.63, 3.8) is 0 Å². The molecule has 0 aromatic carbocycles. The minimum absolute atomic E-state index is 0.0363. The first-order chi connectivity index (χ1) is 9.66. The minimum Gasteiger partial charge on any atom is -0.481 e. The van der Waals surface area contributed by atoms with E-state index in [4.69, 9.17) is 5.11 Å². The van der Waals surface area contributed by atoms with Gasteiger partial charge in [0.15, 0.2) is 0 Å². The predicted octanol–water partition coefficient (Wildman–Crippen LogP) is 1.47. The van der Waals surface area contributed by atoms with Crippen LogP contribution in [0.3, 0.4) is 0 Å². The standard InChI is InChI=1S/C13H15N5O2/c1-8-3-2-6-14-12(8)13-15-16-17-18(13)10(7-11(19)20)9-4-5-9/h2-3,6,9-10H,4-5,7H2,1H3,(H,19,20). The van der Waals surface area contributed by atoms with Gasteiger partial charge in [-0.3, -0.25) is 9.78 Å². The molecule has 2 aromatic rings. The van der Waals surface area contributed by atoms with Gasteiger partial charge in [-0.2, -0.15) is 0 Å². The average molecular weight is 273 g/mol. The van der Waals surface area contributed by atoms with Crippen molar-refractivity contribution in [1.82, 2.24) is 25.2 Å². The number of carboxylic acids is 1. The molecule has 0 spiro atoms. The predicted molar refractivity (Wildman–Crippen MR) is 69.8 cm³/mol. The van der Waals surface area contributed by atoms with Crippen LogP contribution >= 0.6 is 0 Å². The van der Waals surface area contributed by atoms with Gasteiger partial charge in [0.25, 0.3) is 0 Å². The van der Waals surface area contributed by atoms with Crippen LogP contribution in [0.2, 0.25) is 0 Å².